The Bertz CT molecular complexity index is 617. The molecule has 0 fully saturated rings. The smallest absolute Gasteiger partial charge is 0.320 e. The summed E-state index contributed by atoms with van der Waals surface area (Å²) in [4.78, 5) is 0. The predicted octanol–water partition coefficient (Wildman–Crippen LogP) is 3.29. The van der Waals surface area contributed by atoms with Crippen molar-refractivity contribution in [2.45, 2.75) is 26.3 Å². The molecule has 2 aromatic rings. The van der Waals surface area contributed by atoms with Crippen molar-refractivity contribution in [2.24, 2.45) is 0 Å². The Morgan fingerprint density at radius 1 is 1.24 bits per heavy atom. The minimum Gasteiger partial charge on any atom is -0.406 e. The van der Waals surface area contributed by atoms with Crippen molar-refractivity contribution in [1.29, 1.82) is 0 Å². The second kappa shape index (κ2) is 6.57. The lowest BCUT2D eigenvalue weighted by atomic mass is 10.3. The molecule has 1 atom stereocenters. The Labute approximate surface area is 119 Å². The molecule has 0 radical (unpaired) electrons. The molecule has 1 aromatic carbocycles. The second-order valence-corrected chi connectivity index (χ2v) is 4.50. The number of benzene rings is 1. The first kappa shape index (κ1) is 15.3. The monoisotopic (exact) mass is 300 g/mol. The van der Waals surface area contributed by atoms with Gasteiger partial charge in [-0.3, -0.25) is 0 Å². The molecule has 0 saturated carbocycles. The zero-order chi connectivity index (χ0) is 15.4. The summed E-state index contributed by atoms with van der Waals surface area (Å²) in [6.07, 6.45) is 0.942. The summed E-state index contributed by atoms with van der Waals surface area (Å²) in [6.45, 7) is 4.62. The first-order chi connectivity index (χ1) is 10.0. The Balaban J connectivity index is 2.12. The van der Waals surface area contributed by atoms with Crippen LogP contribution in [0.4, 0.5) is 24.9 Å². The maximum atomic E-state index is 13.5. The molecule has 0 aliphatic heterocycles. The number of anilines is 2. The Hall–Kier alpha value is -2.09. The standard InChI is InChI=1S/C13H15F3N4O/c1-3-4-17-7(2)12-19-20-13(21-12)18-10-6-8(14)5-9(15)11(10)16/h5-7,17H,3-4H2,1-2H3,(H,18,20). The van der Waals surface area contributed by atoms with Crippen molar-refractivity contribution in [2.75, 3.05) is 11.9 Å². The van der Waals surface area contributed by atoms with E-state index < -0.39 is 23.1 Å². The molecule has 2 N–H and O–H groups in total. The van der Waals surface area contributed by atoms with Crippen LogP contribution < -0.4 is 10.6 Å². The quantitative estimate of drug-likeness (QED) is 0.802. The van der Waals surface area contributed by atoms with Crippen LogP contribution in [-0.4, -0.2) is 16.7 Å². The molecule has 1 aromatic heterocycles. The van der Waals surface area contributed by atoms with E-state index in [1.165, 1.54) is 0 Å². The van der Waals surface area contributed by atoms with Gasteiger partial charge in [0.05, 0.1) is 11.7 Å². The fourth-order valence-electron chi connectivity index (χ4n) is 1.67. The van der Waals surface area contributed by atoms with Crippen molar-refractivity contribution in [1.82, 2.24) is 15.5 Å². The highest BCUT2D eigenvalue weighted by atomic mass is 19.2. The highest BCUT2D eigenvalue weighted by Gasteiger charge is 2.16. The molecule has 1 heterocycles. The van der Waals surface area contributed by atoms with E-state index in [-0.39, 0.29) is 12.1 Å². The molecule has 0 spiro atoms. The summed E-state index contributed by atoms with van der Waals surface area (Å²) < 4.78 is 44.9. The van der Waals surface area contributed by atoms with Crippen LogP contribution in [0.5, 0.6) is 0 Å². The third-order valence-electron chi connectivity index (χ3n) is 2.75. The summed E-state index contributed by atoms with van der Waals surface area (Å²) in [5.74, 6) is -3.12. The van der Waals surface area contributed by atoms with E-state index in [0.717, 1.165) is 19.0 Å². The van der Waals surface area contributed by atoms with Crippen LogP contribution >= 0.6 is 0 Å². The molecule has 114 valence electrons. The Morgan fingerprint density at radius 2 is 2.00 bits per heavy atom. The number of rotatable bonds is 6. The summed E-state index contributed by atoms with van der Waals surface area (Å²) in [5.41, 5.74) is -0.406. The van der Waals surface area contributed by atoms with Crippen LogP contribution in [-0.2, 0) is 0 Å². The summed E-state index contributed by atoms with van der Waals surface area (Å²) in [5, 5.41) is 12.9. The largest absolute Gasteiger partial charge is 0.406 e. The number of aromatic nitrogens is 2. The van der Waals surface area contributed by atoms with Gasteiger partial charge in [-0.2, -0.15) is 0 Å². The lowest BCUT2D eigenvalue weighted by Crippen LogP contribution is -2.19. The molecule has 0 amide bonds. The molecule has 21 heavy (non-hydrogen) atoms. The predicted molar refractivity (Wildman–Crippen MR) is 70.6 cm³/mol. The minimum atomic E-state index is -1.30. The van der Waals surface area contributed by atoms with Crippen molar-refractivity contribution < 1.29 is 17.6 Å². The van der Waals surface area contributed by atoms with Crippen molar-refractivity contribution in [3.63, 3.8) is 0 Å². The van der Waals surface area contributed by atoms with E-state index in [1.54, 1.807) is 0 Å². The summed E-state index contributed by atoms with van der Waals surface area (Å²) in [6, 6.07) is 0.943. The van der Waals surface area contributed by atoms with Crippen LogP contribution in [0.2, 0.25) is 0 Å². The van der Waals surface area contributed by atoms with E-state index in [0.29, 0.717) is 12.0 Å². The van der Waals surface area contributed by atoms with Crippen LogP contribution in [0.3, 0.4) is 0 Å². The van der Waals surface area contributed by atoms with Crippen LogP contribution in [0, 0.1) is 17.5 Å². The van der Waals surface area contributed by atoms with E-state index in [9.17, 15) is 13.2 Å². The number of halogens is 3. The SMILES string of the molecule is CCCNC(C)c1nnc(Nc2cc(F)cc(F)c2F)o1. The second-order valence-electron chi connectivity index (χ2n) is 4.50. The average Bonchev–Trinajstić information content (AvgIpc) is 2.90. The molecule has 0 aliphatic carbocycles. The van der Waals surface area contributed by atoms with Crippen LogP contribution in [0.25, 0.3) is 0 Å². The van der Waals surface area contributed by atoms with Gasteiger partial charge in [-0.15, -0.1) is 5.10 Å². The number of nitrogens with zero attached hydrogens (tertiary/aromatic N) is 2. The van der Waals surface area contributed by atoms with Gasteiger partial charge in [-0.25, -0.2) is 13.2 Å². The van der Waals surface area contributed by atoms with Gasteiger partial charge in [0.2, 0.25) is 5.89 Å². The minimum absolute atomic E-state index is 0.140. The average molecular weight is 300 g/mol. The van der Waals surface area contributed by atoms with Gasteiger partial charge in [0.1, 0.15) is 5.82 Å². The van der Waals surface area contributed by atoms with E-state index in [2.05, 4.69) is 20.8 Å². The van der Waals surface area contributed by atoms with Gasteiger partial charge in [-0.05, 0) is 19.9 Å². The van der Waals surface area contributed by atoms with Gasteiger partial charge in [0.15, 0.2) is 11.6 Å². The van der Waals surface area contributed by atoms with Gasteiger partial charge in [-0.1, -0.05) is 12.0 Å². The normalized spacial score (nSPS) is 12.4. The molecular formula is C13H15F3N4O. The maximum absolute atomic E-state index is 13.5. The molecule has 2 rings (SSSR count). The van der Waals surface area contributed by atoms with Crippen molar-refractivity contribution in [3.05, 3.63) is 35.5 Å². The van der Waals surface area contributed by atoms with Gasteiger partial charge >= 0.3 is 6.01 Å². The molecule has 8 heteroatoms. The maximum Gasteiger partial charge on any atom is 0.320 e. The highest BCUT2D eigenvalue weighted by Crippen LogP contribution is 2.23. The molecule has 5 nitrogen and oxygen atoms in total. The van der Waals surface area contributed by atoms with E-state index in [4.69, 9.17) is 4.42 Å². The topological polar surface area (TPSA) is 63.0 Å². The summed E-state index contributed by atoms with van der Waals surface area (Å²) in [7, 11) is 0. The van der Waals surface area contributed by atoms with E-state index in [1.807, 2.05) is 13.8 Å². The fourth-order valence-corrected chi connectivity index (χ4v) is 1.67. The molecular weight excluding hydrogens is 285 g/mol. The fraction of sp³-hybridized carbons (Fsp3) is 0.385. The van der Waals surface area contributed by atoms with Crippen LogP contribution in [0.1, 0.15) is 32.2 Å². The summed E-state index contributed by atoms with van der Waals surface area (Å²) >= 11 is 0. The van der Waals surface area contributed by atoms with Gasteiger partial charge < -0.3 is 15.1 Å². The lowest BCUT2D eigenvalue weighted by molar-refractivity contribution is 0.424. The lowest BCUT2D eigenvalue weighted by Gasteiger charge is -2.07. The Morgan fingerprint density at radius 3 is 2.71 bits per heavy atom. The number of hydrogen-bond donors (Lipinski definition) is 2. The third kappa shape index (κ3) is 3.72. The van der Waals surface area contributed by atoms with Crippen molar-refractivity contribution >= 4 is 11.7 Å². The van der Waals surface area contributed by atoms with Gasteiger partial charge in [0.25, 0.3) is 0 Å². The highest BCUT2D eigenvalue weighted by molar-refractivity contribution is 5.53. The van der Waals surface area contributed by atoms with Crippen molar-refractivity contribution in [3.8, 4) is 0 Å². The molecule has 1 unspecified atom stereocenters. The van der Waals surface area contributed by atoms with Gasteiger partial charge in [0, 0.05) is 12.1 Å². The zero-order valence-corrected chi connectivity index (χ0v) is 11.6. The molecule has 0 aliphatic rings. The first-order valence-corrected chi connectivity index (χ1v) is 6.49. The zero-order valence-electron chi connectivity index (χ0n) is 11.6. The van der Waals surface area contributed by atoms with Crippen LogP contribution in [0.15, 0.2) is 16.5 Å². The Kier molecular flexibility index (Phi) is 4.79. The number of nitrogens with one attached hydrogen (secondary N) is 2. The van der Waals surface area contributed by atoms with E-state index >= 15 is 0 Å². The third-order valence-corrected chi connectivity index (χ3v) is 2.75. The molecule has 0 saturated heterocycles. The number of hydrogen-bond acceptors (Lipinski definition) is 5. The first-order valence-electron chi connectivity index (χ1n) is 6.49. The molecule has 0 bridgehead atoms.